The van der Waals surface area contributed by atoms with E-state index in [4.69, 9.17) is 21.3 Å². The number of fused-ring (bicyclic) bond motifs is 1. The van der Waals surface area contributed by atoms with Gasteiger partial charge >= 0.3 is 0 Å². The number of imidazole rings is 1. The predicted molar refractivity (Wildman–Crippen MR) is 84.5 cm³/mol. The molecule has 0 amide bonds. The van der Waals surface area contributed by atoms with Gasteiger partial charge in [0.25, 0.3) is 0 Å². The van der Waals surface area contributed by atoms with Crippen LogP contribution in [-0.2, 0) is 11.3 Å². The van der Waals surface area contributed by atoms with Crippen molar-refractivity contribution in [2.45, 2.75) is 45.0 Å². The van der Waals surface area contributed by atoms with Crippen LogP contribution in [0.25, 0.3) is 11.0 Å². The highest BCUT2D eigenvalue weighted by atomic mass is 35.5. The summed E-state index contributed by atoms with van der Waals surface area (Å²) < 4.78 is 7.38. The van der Waals surface area contributed by atoms with Gasteiger partial charge in [-0.25, -0.2) is 4.98 Å². The van der Waals surface area contributed by atoms with Crippen molar-refractivity contribution >= 4 is 22.6 Å². The van der Waals surface area contributed by atoms with Gasteiger partial charge in [-0.15, -0.1) is 11.6 Å². The molecular weight excluding hydrogens is 272 g/mol. The van der Waals surface area contributed by atoms with Crippen LogP contribution in [-0.4, -0.2) is 23.3 Å². The molecule has 20 heavy (non-hydrogen) atoms. The minimum atomic E-state index is -0.0687. The molecule has 0 aliphatic carbocycles. The number of methoxy groups -OCH3 is 1. The quantitative estimate of drug-likeness (QED) is 0.557. The van der Waals surface area contributed by atoms with E-state index in [0.29, 0.717) is 0 Å². The van der Waals surface area contributed by atoms with E-state index in [-0.39, 0.29) is 5.38 Å². The first-order chi connectivity index (χ1) is 9.65. The predicted octanol–water partition coefficient (Wildman–Crippen LogP) is 4.46. The van der Waals surface area contributed by atoms with Crippen molar-refractivity contribution < 1.29 is 4.74 Å². The lowest BCUT2D eigenvalue weighted by Gasteiger charge is -2.11. The van der Waals surface area contributed by atoms with E-state index in [1.54, 1.807) is 7.11 Å². The summed E-state index contributed by atoms with van der Waals surface area (Å²) in [7, 11) is 1.75. The molecule has 2 rings (SSSR count). The monoisotopic (exact) mass is 294 g/mol. The number of alkyl halides is 1. The van der Waals surface area contributed by atoms with Crippen LogP contribution in [0, 0.1) is 6.92 Å². The zero-order valence-corrected chi connectivity index (χ0v) is 13.3. The van der Waals surface area contributed by atoms with Crippen LogP contribution in [0.4, 0.5) is 0 Å². The van der Waals surface area contributed by atoms with E-state index in [9.17, 15) is 0 Å². The number of unbranched alkanes of at least 4 members (excludes halogenated alkanes) is 2. The first kappa shape index (κ1) is 15.3. The van der Waals surface area contributed by atoms with Crippen molar-refractivity contribution in [3.8, 4) is 0 Å². The Morgan fingerprint density at radius 3 is 2.80 bits per heavy atom. The van der Waals surface area contributed by atoms with Crippen molar-refractivity contribution in [3.63, 3.8) is 0 Å². The van der Waals surface area contributed by atoms with Gasteiger partial charge in [-0.05, 0) is 44.7 Å². The molecule has 0 radical (unpaired) electrons. The van der Waals surface area contributed by atoms with E-state index < -0.39 is 0 Å². The fraction of sp³-hybridized carbons (Fsp3) is 0.562. The van der Waals surface area contributed by atoms with Gasteiger partial charge in [-0.1, -0.05) is 12.1 Å². The average molecular weight is 295 g/mol. The Morgan fingerprint density at radius 2 is 2.10 bits per heavy atom. The van der Waals surface area contributed by atoms with Crippen LogP contribution < -0.4 is 0 Å². The molecule has 0 N–H and O–H groups in total. The maximum atomic E-state index is 6.29. The largest absolute Gasteiger partial charge is 0.385 e. The number of para-hydroxylation sites is 1. The van der Waals surface area contributed by atoms with Gasteiger partial charge in [-0.3, -0.25) is 0 Å². The lowest BCUT2D eigenvalue weighted by molar-refractivity contribution is 0.191. The second kappa shape index (κ2) is 7.09. The van der Waals surface area contributed by atoms with E-state index in [1.165, 1.54) is 11.1 Å². The average Bonchev–Trinajstić information content (AvgIpc) is 2.79. The molecule has 1 aromatic carbocycles. The minimum absolute atomic E-state index is 0.0687. The van der Waals surface area contributed by atoms with Gasteiger partial charge in [-0.2, -0.15) is 0 Å². The third kappa shape index (κ3) is 3.33. The Balaban J connectivity index is 2.22. The molecule has 0 aliphatic rings. The topological polar surface area (TPSA) is 27.1 Å². The fourth-order valence-corrected chi connectivity index (χ4v) is 2.77. The lowest BCUT2D eigenvalue weighted by Crippen LogP contribution is -2.05. The number of ether oxygens (including phenoxy) is 1. The summed E-state index contributed by atoms with van der Waals surface area (Å²) in [6, 6.07) is 6.25. The zero-order chi connectivity index (χ0) is 14.5. The Bertz CT molecular complexity index is 563. The Kier molecular flexibility index (Phi) is 5.44. The normalized spacial score (nSPS) is 13.0. The first-order valence-electron chi connectivity index (χ1n) is 7.24. The molecule has 1 heterocycles. The van der Waals surface area contributed by atoms with Crippen LogP contribution in [0.2, 0.25) is 0 Å². The maximum absolute atomic E-state index is 6.29. The smallest absolute Gasteiger partial charge is 0.127 e. The summed E-state index contributed by atoms with van der Waals surface area (Å²) >= 11 is 6.29. The van der Waals surface area contributed by atoms with E-state index >= 15 is 0 Å². The van der Waals surface area contributed by atoms with E-state index in [2.05, 4.69) is 29.7 Å². The van der Waals surface area contributed by atoms with Crippen LogP contribution in [0.3, 0.4) is 0 Å². The standard InChI is InChI=1S/C16H23ClN2O/c1-12-8-7-9-14-15(12)19(16(18-14)13(2)17)10-5-4-6-11-20-3/h7-9,13H,4-6,10-11H2,1-3H3. The molecule has 2 aromatic rings. The van der Waals surface area contributed by atoms with Crippen LogP contribution >= 0.6 is 11.6 Å². The summed E-state index contributed by atoms with van der Waals surface area (Å²) in [6.45, 7) is 5.92. The van der Waals surface area contributed by atoms with Gasteiger partial charge in [0.05, 0.1) is 16.4 Å². The van der Waals surface area contributed by atoms with Crippen molar-refractivity contribution in [1.29, 1.82) is 0 Å². The van der Waals surface area contributed by atoms with Crippen molar-refractivity contribution in [2.24, 2.45) is 0 Å². The molecule has 1 unspecified atom stereocenters. The van der Waals surface area contributed by atoms with Crippen LogP contribution in [0.15, 0.2) is 18.2 Å². The number of aromatic nitrogens is 2. The summed E-state index contributed by atoms with van der Waals surface area (Å²) in [5.41, 5.74) is 3.53. The zero-order valence-electron chi connectivity index (χ0n) is 12.5. The van der Waals surface area contributed by atoms with Gasteiger partial charge in [0, 0.05) is 20.3 Å². The molecule has 0 spiro atoms. The second-order valence-electron chi connectivity index (χ2n) is 5.23. The number of halogens is 1. The SMILES string of the molecule is COCCCCCn1c(C(C)Cl)nc2cccc(C)c21. The Morgan fingerprint density at radius 1 is 1.30 bits per heavy atom. The van der Waals surface area contributed by atoms with Crippen molar-refractivity contribution in [3.05, 3.63) is 29.6 Å². The van der Waals surface area contributed by atoms with Crippen molar-refractivity contribution in [1.82, 2.24) is 9.55 Å². The van der Waals surface area contributed by atoms with Crippen LogP contribution in [0.1, 0.15) is 43.0 Å². The highest BCUT2D eigenvalue weighted by Gasteiger charge is 2.15. The highest BCUT2D eigenvalue weighted by molar-refractivity contribution is 6.20. The van der Waals surface area contributed by atoms with E-state index in [0.717, 1.165) is 43.8 Å². The summed E-state index contributed by atoms with van der Waals surface area (Å²) in [4.78, 5) is 4.69. The molecule has 0 bridgehead atoms. The van der Waals surface area contributed by atoms with E-state index in [1.807, 2.05) is 6.92 Å². The molecule has 0 fully saturated rings. The summed E-state index contributed by atoms with van der Waals surface area (Å²) in [5, 5.41) is -0.0687. The highest BCUT2D eigenvalue weighted by Crippen LogP contribution is 2.27. The molecule has 4 heteroatoms. The summed E-state index contributed by atoms with van der Waals surface area (Å²) in [5.74, 6) is 0.975. The first-order valence-corrected chi connectivity index (χ1v) is 7.67. The minimum Gasteiger partial charge on any atom is -0.385 e. The van der Waals surface area contributed by atoms with Gasteiger partial charge in [0.15, 0.2) is 0 Å². The molecule has 3 nitrogen and oxygen atoms in total. The third-order valence-corrected chi connectivity index (χ3v) is 3.78. The van der Waals surface area contributed by atoms with Gasteiger partial charge in [0.2, 0.25) is 0 Å². The number of benzene rings is 1. The van der Waals surface area contributed by atoms with Gasteiger partial charge < -0.3 is 9.30 Å². The van der Waals surface area contributed by atoms with Crippen LogP contribution in [0.5, 0.6) is 0 Å². The number of aryl methyl sites for hydroxylation is 2. The number of nitrogens with zero attached hydrogens (tertiary/aromatic N) is 2. The lowest BCUT2D eigenvalue weighted by atomic mass is 10.2. The number of rotatable bonds is 7. The van der Waals surface area contributed by atoms with Crippen molar-refractivity contribution in [2.75, 3.05) is 13.7 Å². The Labute approximate surface area is 125 Å². The molecule has 1 aromatic heterocycles. The number of hydrogen-bond donors (Lipinski definition) is 0. The molecule has 110 valence electrons. The number of hydrogen-bond acceptors (Lipinski definition) is 2. The molecule has 1 atom stereocenters. The summed E-state index contributed by atoms with van der Waals surface area (Å²) in [6.07, 6.45) is 3.39. The second-order valence-corrected chi connectivity index (χ2v) is 5.89. The van der Waals surface area contributed by atoms with Gasteiger partial charge in [0.1, 0.15) is 5.82 Å². The fourth-order valence-electron chi connectivity index (χ4n) is 2.61. The molecule has 0 aliphatic heterocycles. The molecule has 0 saturated heterocycles. The maximum Gasteiger partial charge on any atom is 0.127 e. The molecular formula is C16H23ClN2O. The third-order valence-electron chi connectivity index (χ3n) is 3.58. The Hall–Kier alpha value is -1.06. The molecule has 0 saturated carbocycles.